The molecule has 6 heteroatoms. The van der Waals surface area contributed by atoms with Crippen LogP contribution in [0.5, 0.6) is 0 Å². The van der Waals surface area contributed by atoms with Gasteiger partial charge in [-0.25, -0.2) is 4.98 Å². The molecule has 174 valence electrons. The van der Waals surface area contributed by atoms with Gasteiger partial charge in [-0.05, 0) is 44.4 Å². The van der Waals surface area contributed by atoms with Crippen molar-refractivity contribution in [3.8, 4) is 10.6 Å². The predicted molar refractivity (Wildman–Crippen MR) is 129 cm³/mol. The van der Waals surface area contributed by atoms with Gasteiger partial charge < -0.3 is 15.1 Å². The van der Waals surface area contributed by atoms with Crippen LogP contribution in [-0.4, -0.2) is 51.8 Å². The predicted octanol–water partition coefficient (Wildman–Crippen LogP) is 4.48. The first kappa shape index (κ1) is 23.4. The van der Waals surface area contributed by atoms with Crippen LogP contribution < -0.4 is 0 Å². The number of carbonyl (C=O) groups is 1. The van der Waals surface area contributed by atoms with E-state index in [0.29, 0.717) is 25.9 Å². The number of hydrogen-bond acceptors (Lipinski definition) is 5. The highest BCUT2D eigenvalue weighted by atomic mass is 32.1. The van der Waals surface area contributed by atoms with Gasteiger partial charge in [0.1, 0.15) is 5.01 Å². The number of hydrogen-bond donors (Lipinski definition) is 2. The van der Waals surface area contributed by atoms with Crippen LogP contribution in [0.15, 0.2) is 30.3 Å². The average molecular weight is 457 g/mol. The second kappa shape index (κ2) is 8.88. The van der Waals surface area contributed by atoms with Crippen LogP contribution in [0.2, 0.25) is 0 Å². The smallest absolute Gasteiger partial charge is 0.223 e. The molecule has 5 nitrogen and oxygen atoms in total. The Kier molecular flexibility index (Phi) is 6.49. The van der Waals surface area contributed by atoms with Crippen LogP contribution in [0.25, 0.3) is 10.6 Å². The molecule has 1 fully saturated rings. The summed E-state index contributed by atoms with van der Waals surface area (Å²) in [6.07, 6.45) is 2.16. The minimum Gasteiger partial charge on any atom is -0.396 e. The van der Waals surface area contributed by atoms with E-state index in [1.165, 1.54) is 4.88 Å². The summed E-state index contributed by atoms with van der Waals surface area (Å²) in [5.41, 5.74) is 1.37. The van der Waals surface area contributed by atoms with Gasteiger partial charge in [0.05, 0.1) is 18.4 Å². The molecule has 2 aliphatic rings. The molecular formula is C26H36N2O3S. The fourth-order valence-corrected chi connectivity index (χ4v) is 7.40. The van der Waals surface area contributed by atoms with Gasteiger partial charge in [-0.1, -0.05) is 44.2 Å². The maximum Gasteiger partial charge on any atom is 0.223 e. The summed E-state index contributed by atoms with van der Waals surface area (Å²) >= 11 is 1.71. The Hall–Kier alpha value is -1.76. The molecule has 1 saturated carbocycles. The lowest BCUT2D eigenvalue weighted by atomic mass is 9.47. The van der Waals surface area contributed by atoms with E-state index in [9.17, 15) is 15.0 Å². The molecule has 0 aliphatic heterocycles. The number of amides is 1. The summed E-state index contributed by atoms with van der Waals surface area (Å²) in [4.78, 5) is 21.5. The molecule has 2 N–H and O–H groups in total. The van der Waals surface area contributed by atoms with Crippen molar-refractivity contribution in [3.05, 3.63) is 40.9 Å². The van der Waals surface area contributed by atoms with Crippen LogP contribution in [0.3, 0.4) is 0 Å². The van der Waals surface area contributed by atoms with Gasteiger partial charge in [-0.3, -0.25) is 4.79 Å². The van der Waals surface area contributed by atoms with Crippen molar-refractivity contribution < 1.29 is 15.0 Å². The molecule has 1 aromatic heterocycles. The average Bonchev–Trinajstić information content (AvgIpc) is 3.23. The Morgan fingerprint density at radius 2 is 1.91 bits per heavy atom. The Morgan fingerprint density at radius 1 is 1.22 bits per heavy atom. The third-order valence-electron chi connectivity index (χ3n) is 8.41. The van der Waals surface area contributed by atoms with Crippen LogP contribution >= 0.6 is 11.3 Å². The van der Waals surface area contributed by atoms with Crippen molar-refractivity contribution in [2.45, 2.75) is 65.4 Å². The fourth-order valence-electron chi connectivity index (χ4n) is 6.23. The Morgan fingerprint density at radius 3 is 2.53 bits per heavy atom. The van der Waals surface area contributed by atoms with E-state index in [1.54, 1.807) is 11.3 Å². The highest BCUT2D eigenvalue weighted by Crippen LogP contribution is 2.63. The summed E-state index contributed by atoms with van der Waals surface area (Å²) in [7, 11) is 0. The normalized spacial score (nSPS) is 31.6. The van der Waals surface area contributed by atoms with Gasteiger partial charge in [-0.15, -0.1) is 11.3 Å². The molecule has 1 amide bonds. The fraction of sp³-hybridized carbons (Fsp3) is 0.615. The van der Waals surface area contributed by atoms with E-state index in [1.807, 2.05) is 43.9 Å². The third kappa shape index (κ3) is 3.70. The van der Waals surface area contributed by atoms with E-state index in [0.717, 1.165) is 29.1 Å². The zero-order chi connectivity index (χ0) is 23.1. The summed E-state index contributed by atoms with van der Waals surface area (Å²) < 4.78 is 0. The molecule has 5 atom stereocenters. The standard InChI is InChI=1S/C26H36N2O3S/c1-5-28(6-2)22(31)14-18-23-19(32-24(27-23)17-10-8-7-9-11-17)15-20-25(18,3)13-12-21(30)26(20,4)16-29/h7-11,18,20-21,29-30H,5-6,12-16H2,1-4H3/t18-,20+,21+,25-,26-/m0/s1. The number of fused-ring (bicyclic) bond motifs is 2. The molecule has 2 aromatic rings. The SMILES string of the molecule is CCN(CC)C(=O)C[C@H]1c2nc(-c3ccccc3)sc2C[C@H]2[C@](C)(CO)[C@H](O)CC[C@]21C. The van der Waals surface area contributed by atoms with E-state index in [2.05, 4.69) is 19.1 Å². The minimum absolute atomic E-state index is 0.0172. The second-order valence-electron chi connectivity index (χ2n) is 10.00. The van der Waals surface area contributed by atoms with Crippen LogP contribution in [0, 0.1) is 16.7 Å². The molecule has 1 aromatic carbocycles. The van der Waals surface area contributed by atoms with Gasteiger partial charge in [0.15, 0.2) is 0 Å². The monoisotopic (exact) mass is 456 g/mol. The topological polar surface area (TPSA) is 73.7 Å². The Balaban J connectivity index is 1.82. The van der Waals surface area contributed by atoms with E-state index in [-0.39, 0.29) is 29.8 Å². The number of aliphatic hydroxyl groups is 2. The molecule has 0 spiro atoms. The molecule has 0 saturated heterocycles. The highest BCUT2D eigenvalue weighted by molar-refractivity contribution is 7.15. The number of carbonyl (C=O) groups excluding carboxylic acids is 1. The Labute approximate surface area is 195 Å². The zero-order valence-corrected chi connectivity index (χ0v) is 20.5. The summed E-state index contributed by atoms with van der Waals surface area (Å²) in [5, 5.41) is 22.3. The first-order valence-electron chi connectivity index (χ1n) is 11.9. The van der Waals surface area contributed by atoms with E-state index < -0.39 is 11.5 Å². The lowest BCUT2D eigenvalue weighted by Crippen LogP contribution is -2.57. The first-order valence-corrected chi connectivity index (χ1v) is 12.7. The number of rotatable bonds is 6. The van der Waals surface area contributed by atoms with Crippen molar-refractivity contribution in [3.63, 3.8) is 0 Å². The lowest BCUT2D eigenvalue weighted by Gasteiger charge is -2.58. The first-order chi connectivity index (χ1) is 15.3. The highest BCUT2D eigenvalue weighted by Gasteiger charge is 2.59. The third-order valence-corrected chi connectivity index (χ3v) is 9.55. The van der Waals surface area contributed by atoms with Crippen LogP contribution in [-0.2, 0) is 11.2 Å². The van der Waals surface area contributed by atoms with Crippen molar-refractivity contribution in [2.75, 3.05) is 19.7 Å². The molecule has 0 bridgehead atoms. The summed E-state index contributed by atoms with van der Waals surface area (Å²) in [6, 6.07) is 10.2. The zero-order valence-electron chi connectivity index (χ0n) is 19.7. The maximum absolute atomic E-state index is 13.3. The van der Waals surface area contributed by atoms with Gasteiger partial charge in [0.2, 0.25) is 5.91 Å². The molecule has 2 aliphatic carbocycles. The Bertz CT molecular complexity index is 957. The number of aliphatic hydroxyl groups excluding tert-OH is 2. The quantitative estimate of drug-likeness (QED) is 0.672. The molecule has 0 unspecified atom stereocenters. The van der Waals surface area contributed by atoms with Crippen molar-refractivity contribution in [1.29, 1.82) is 0 Å². The number of nitrogens with zero attached hydrogens (tertiary/aromatic N) is 2. The van der Waals surface area contributed by atoms with Crippen molar-refractivity contribution >= 4 is 17.2 Å². The maximum atomic E-state index is 13.3. The summed E-state index contributed by atoms with van der Waals surface area (Å²) in [5.74, 6) is 0.241. The van der Waals surface area contributed by atoms with Crippen LogP contribution in [0.4, 0.5) is 0 Å². The number of aromatic nitrogens is 1. The molecular weight excluding hydrogens is 420 g/mol. The van der Waals surface area contributed by atoms with Gasteiger partial charge >= 0.3 is 0 Å². The van der Waals surface area contributed by atoms with E-state index in [4.69, 9.17) is 4.98 Å². The minimum atomic E-state index is -0.585. The summed E-state index contributed by atoms with van der Waals surface area (Å²) in [6.45, 7) is 9.69. The molecule has 1 heterocycles. The second-order valence-corrected chi connectivity index (χ2v) is 11.1. The van der Waals surface area contributed by atoms with E-state index >= 15 is 0 Å². The van der Waals surface area contributed by atoms with Crippen molar-refractivity contribution in [2.24, 2.45) is 16.7 Å². The largest absolute Gasteiger partial charge is 0.396 e. The molecule has 0 radical (unpaired) electrons. The van der Waals surface area contributed by atoms with Crippen molar-refractivity contribution in [1.82, 2.24) is 9.88 Å². The van der Waals surface area contributed by atoms with Gasteiger partial charge in [0.25, 0.3) is 0 Å². The van der Waals surface area contributed by atoms with Gasteiger partial charge in [-0.2, -0.15) is 0 Å². The molecule has 32 heavy (non-hydrogen) atoms. The van der Waals surface area contributed by atoms with Crippen LogP contribution in [0.1, 0.15) is 63.4 Å². The molecule has 4 rings (SSSR count). The van der Waals surface area contributed by atoms with Gasteiger partial charge in [0, 0.05) is 41.3 Å². The number of benzene rings is 1. The number of thiazole rings is 1. The lowest BCUT2D eigenvalue weighted by molar-refractivity contribution is -0.147.